The zero-order chi connectivity index (χ0) is 21.3. The zero-order valence-corrected chi connectivity index (χ0v) is 17.9. The predicted molar refractivity (Wildman–Crippen MR) is 120 cm³/mol. The van der Waals surface area contributed by atoms with Crippen molar-refractivity contribution < 1.29 is 14.3 Å². The van der Waals surface area contributed by atoms with Crippen LogP contribution in [0.1, 0.15) is 69.5 Å². The van der Waals surface area contributed by atoms with Crippen LogP contribution in [0.5, 0.6) is 5.75 Å². The van der Waals surface area contributed by atoms with Gasteiger partial charge in [-0.15, -0.1) is 0 Å². The fourth-order valence-electron chi connectivity index (χ4n) is 3.73. The first-order valence-corrected chi connectivity index (χ1v) is 11.0. The predicted octanol–water partition coefficient (Wildman–Crippen LogP) is 5.17. The van der Waals surface area contributed by atoms with Gasteiger partial charge in [0.05, 0.1) is 12.1 Å². The summed E-state index contributed by atoms with van der Waals surface area (Å²) in [7, 11) is 0. The fraction of sp³-hybridized carbons (Fsp3) is 0.440. The number of anilines is 1. The highest BCUT2D eigenvalue weighted by Crippen LogP contribution is 2.25. The summed E-state index contributed by atoms with van der Waals surface area (Å²) >= 11 is 0. The number of hydrogen-bond acceptors (Lipinski definition) is 3. The number of hydrogen-bond donors (Lipinski definition) is 2. The van der Waals surface area contributed by atoms with E-state index in [1.165, 1.54) is 12.8 Å². The molecule has 0 bridgehead atoms. The minimum Gasteiger partial charge on any atom is -0.490 e. The van der Waals surface area contributed by atoms with Gasteiger partial charge >= 0.3 is 0 Å². The van der Waals surface area contributed by atoms with Gasteiger partial charge in [-0.2, -0.15) is 0 Å². The smallest absolute Gasteiger partial charge is 0.224 e. The molecule has 160 valence electrons. The van der Waals surface area contributed by atoms with Crippen LogP contribution in [0.3, 0.4) is 0 Å². The van der Waals surface area contributed by atoms with Gasteiger partial charge in [-0.25, -0.2) is 0 Å². The third kappa shape index (κ3) is 6.61. The highest BCUT2D eigenvalue weighted by Gasteiger charge is 2.16. The van der Waals surface area contributed by atoms with Crippen molar-refractivity contribution in [1.29, 1.82) is 0 Å². The van der Waals surface area contributed by atoms with Crippen LogP contribution in [0, 0.1) is 0 Å². The van der Waals surface area contributed by atoms with Crippen molar-refractivity contribution in [3.05, 3.63) is 59.7 Å². The monoisotopic (exact) mass is 408 g/mol. The Morgan fingerprint density at radius 3 is 2.50 bits per heavy atom. The third-order valence-corrected chi connectivity index (χ3v) is 5.54. The number of carbonyl (C=O) groups is 2. The average Bonchev–Trinajstić information content (AvgIpc) is 3.26. The lowest BCUT2D eigenvalue weighted by Gasteiger charge is -2.16. The summed E-state index contributed by atoms with van der Waals surface area (Å²) in [5, 5.41) is 5.88. The van der Waals surface area contributed by atoms with Gasteiger partial charge in [0.15, 0.2) is 0 Å². The average molecular weight is 409 g/mol. The van der Waals surface area contributed by atoms with Gasteiger partial charge in [-0.05, 0) is 74.4 Å². The Bertz CT molecular complexity index is 842. The van der Waals surface area contributed by atoms with Gasteiger partial charge in [0.2, 0.25) is 11.8 Å². The maximum absolute atomic E-state index is 12.4. The van der Waals surface area contributed by atoms with E-state index in [0.717, 1.165) is 35.4 Å². The Balaban J connectivity index is 1.46. The molecule has 1 aliphatic rings. The van der Waals surface area contributed by atoms with Gasteiger partial charge in [-0.3, -0.25) is 9.59 Å². The first-order chi connectivity index (χ1) is 14.5. The second-order valence-electron chi connectivity index (χ2n) is 7.98. The molecule has 1 unspecified atom stereocenters. The molecule has 30 heavy (non-hydrogen) atoms. The van der Waals surface area contributed by atoms with E-state index in [-0.39, 0.29) is 17.9 Å². The summed E-state index contributed by atoms with van der Waals surface area (Å²) in [4.78, 5) is 23.9. The normalized spacial score (nSPS) is 14.9. The van der Waals surface area contributed by atoms with E-state index in [2.05, 4.69) is 16.7 Å². The second-order valence-corrected chi connectivity index (χ2v) is 7.98. The minimum atomic E-state index is -0.0922. The number of carbonyl (C=O) groups excluding carboxylic acids is 2. The van der Waals surface area contributed by atoms with Crippen LogP contribution in [0.2, 0.25) is 0 Å². The lowest BCUT2D eigenvalue weighted by molar-refractivity contribution is -0.121. The molecular formula is C25H32N2O3. The maximum atomic E-state index is 12.4. The van der Waals surface area contributed by atoms with E-state index in [0.29, 0.717) is 25.4 Å². The Hall–Kier alpha value is -2.82. The first-order valence-electron chi connectivity index (χ1n) is 11.0. The topological polar surface area (TPSA) is 67.4 Å². The van der Waals surface area contributed by atoms with E-state index in [9.17, 15) is 9.59 Å². The molecule has 1 fully saturated rings. The Morgan fingerprint density at radius 2 is 1.80 bits per heavy atom. The van der Waals surface area contributed by atoms with Gasteiger partial charge in [0, 0.05) is 18.5 Å². The fourth-order valence-corrected chi connectivity index (χ4v) is 3.73. The molecule has 0 aromatic heterocycles. The third-order valence-electron chi connectivity index (χ3n) is 5.54. The summed E-state index contributed by atoms with van der Waals surface area (Å²) in [6.07, 6.45) is 6.67. The summed E-state index contributed by atoms with van der Waals surface area (Å²) < 4.78 is 6.06. The van der Waals surface area contributed by atoms with Crippen LogP contribution in [-0.4, -0.2) is 17.9 Å². The minimum absolute atomic E-state index is 0.0122. The van der Waals surface area contributed by atoms with Crippen molar-refractivity contribution >= 4 is 17.5 Å². The van der Waals surface area contributed by atoms with Crippen molar-refractivity contribution in [3.63, 3.8) is 0 Å². The molecule has 2 aromatic carbocycles. The molecule has 0 heterocycles. The Labute approximate surface area is 179 Å². The highest BCUT2D eigenvalue weighted by atomic mass is 16.5. The lowest BCUT2D eigenvalue weighted by Crippen LogP contribution is -2.26. The molecule has 1 atom stereocenters. The molecule has 5 heteroatoms. The summed E-state index contributed by atoms with van der Waals surface area (Å²) in [6, 6.07) is 15.6. The quantitative estimate of drug-likeness (QED) is 0.602. The van der Waals surface area contributed by atoms with Crippen LogP contribution in [0.15, 0.2) is 48.5 Å². The van der Waals surface area contributed by atoms with Crippen LogP contribution in [0.4, 0.5) is 5.69 Å². The standard InChI is InChI=1S/C25H32N2O3/c1-3-24(28)27-21-14-12-20(13-15-21)18(2)26-25(29)16-11-19-7-6-10-23(17-19)30-22-8-4-5-9-22/h6-7,10,12-15,17-18,22H,3-5,8-9,11,16H2,1-2H3,(H,26,29)(H,27,28). The summed E-state index contributed by atoms with van der Waals surface area (Å²) in [6.45, 7) is 3.79. The molecule has 1 saturated carbocycles. The van der Waals surface area contributed by atoms with Crippen LogP contribution in [-0.2, 0) is 16.0 Å². The Kier molecular flexibility index (Phi) is 7.89. The molecule has 2 aromatic rings. The van der Waals surface area contributed by atoms with Gasteiger partial charge in [0.1, 0.15) is 5.75 Å². The van der Waals surface area contributed by atoms with Gasteiger partial charge < -0.3 is 15.4 Å². The number of benzene rings is 2. The summed E-state index contributed by atoms with van der Waals surface area (Å²) in [5.74, 6) is 0.915. The van der Waals surface area contributed by atoms with Crippen LogP contribution in [0.25, 0.3) is 0 Å². The molecule has 5 nitrogen and oxygen atoms in total. The highest BCUT2D eigenvalue weighted by molar-refractivity contribution is 5.90. The number of aryl methyl sites for hydroxylation is 1. The molecule has 0 aliphatic heterocycles. The zero-order valence-electron chi connectivity index (χ0n) is 17.9. The van der Waals surface area contributed by atoms with E-state index < -0.39 is 0 Å². The molecule has 0 spiro atoms. The largest absolute Gasteiger partial charge is 0.490 e. The van der Waals surface area contributed by atoms with Crippen molar-refractivity contribution in [1.82, 2.24) is 5.32 Å². The summed E-state index contributed by atoms with van der Waals surface area (Å²) in [5.41, 5.74) is 2.89. The molecule has 1 aliphatic carbocycles. The maximum Gasteiger partial charge on any atom is 0.224 e. The molecule has 2 amide bonds. The number of rotatable bonds is 9. The van der Waals surface area contributed by atoms with E-state index in [1.54, 1.807) is 0 Å². The SMILES string of the molecule is CCC(=O)Nc1ccc(C(C)NC(=O)CCc2cccc(OC3CCCC3)c2)cc1. The Morgan fingerprint density at radius 1 is 1.07 bits per heavy atom. The van der Waals surface area contributed by atoms with E-state index >= 15 is 0 Å². The molecule has 0 saturated heterocycles. The van der Waals surface area contributed by atoms with Gasteiger partial charge in [-0.1, -0.05) is 31.2 Å². The molecular weight excluding hydrogens is 376 g/mol. The van der Waals surface area contributed by atoms with E-state index in [4.69, 9.17) is 4.74 Å². The second kappa shape index (κ2) is 10.8. The lowest BCUT2D eigenvalue weighted by atomic mass is 10.1. The van der Waals surface area contributed by atoms with Crippen LogP contribution < -0.4 is 15.4 Å². The number of nitrogens with one attached hydrogen (secondary N) is 2. The number of amides is 2. The van der Waals surface area contributed by atoms with Gasteiger partial charge in [0.25, 0.3) is 0 Å². The molecule has 2 N–H and O–H groups in total. The number of ether oxygens (including phenoxy) is 1. The molecule has 0 radical (unpaired) electrons. The van der Waals surface area contributed by atoms with Crippen molar-refractivity contribution in [2.45, 2.75) is 70.9 Å². The van der Waals surface area contributed by atoms with Crippen molar-refractivity contribution in [2.75, 3.05) is 5.32 Å². The van der Waals surface area contributed by atoms with Crippen molar-refractivity contribution in [3.8, 4) is 5.75 Å². The van der Waals surface area contributed by atoms with Crippen LogP contribution >= 0.6 is 0 Å². The van der Waals surface area contributed by atoms with E-state index in [1.807, 2.05) is 56.3 Å². The first kappa shape index (κ1) is 21.9. The van der Waals surface area contributed by atoms with Crippen molar-refractivity contribution in [2.24, 2.45) is 0 Å². The molecule has 3 rings (SSSR count).